The molecule has 5 atom stereocenters. The molecule has 3 aliphatic heterocycles. The molecule has 1 N–H and O–H groups in total. The van der Waals surface area contributed by atoms with Gasteiger partial charge in [-0.25, -0.2) is 0 Å². The van der Waals surface area contributed by atoms with Gasteiger partial charge in [-0.15, -0.1) is 0 Å². The highest BCUT2D eigenvalue weighted by Gasteiger charge is 2.71. The molecule has 5 heteroatoms. The monoisotopic (exact) mass is 360 g/mol. The maximum absolute atomic E-state index is 12.7. The molecule has 0 radical (unpaired) electrons. The topological polar surface area (TPSA) is 59.1 Å². The Hall–Kier alpha value is -1.43. The summed E-state index contributed by atoms with van der Waals surface area (Å²) in [6, 6.07) is 10.3. The summed E-state index contributed by atoms with van der Waals surface area (Å²) in [5.41, 5.74) is 0.813. The van der Waals surface area contributed by atoms with E-state index < -0.39 is 5.92 Å². The van der Waals surface area contributed by atoms with Crippen molar-refractivity contribution in [3.63, 3.8) is 0 Å². The lowest BCUT2D eigenvalue weighted by Gasteiger charge is -2.48. The number of esters is 1. The normalized spacial score (nSPS) is 38.5. The van der Waals surface area contributed by atoms with Crippen LogP contribution in [0.1, 0.15) is 44.1 Å². The first-order valence-electron chi connectivity index (χ1n) is 9.95. The number of hydrogen-bond donors (Lipinski definition) is 1. The van der Waals surface area contributed by atoms with Crippen LogP contribution in [0.15, 0.2) is 30.3 Å². The largest absolute Gasteiger partial charge is 0.461 e. The predicted molar refractivity (Wildman–Crippen MR) is 97.6 cm³/mol. The third-order valence-electron chi connectivity index (χ3n) is 6.79. The van der Waals surface area contributed by atoms with Gasteiger partial charge in [-0.3, -0.25) is 4.79 Å². The summed E-state index contributed by atoms with van der Waals surface area (Å²) in [5.74, 6) is -0.898. The van der Waals surface area contributed by atoms with Crippen LogP contribution in [0.2, 0.25) is 0 Å². The summed E-state index contributed by atoms with van der Waals surface area (Å²) in [6.07, 6.45) is 4.83. The number of nitrogens with zero attached hydrogens (tertiary/aromatic N) is 1. The number of rotatable bonds is 7. The van der Waals surface area contributed by atoms with Crippen LogP contribution in [-0.2, 0) is 14.3 Å². The molecule has 0 saturated carbocycles. The average molecular weight is 360 g/mol. The van der Waals surface area contributed by atoms with Gasteiger partial charge in [0, 0.05) is 12.8 Å². The molecule has 26 heavy (non-hydrogen) atoms. The number of quaternary nitrogens is 1. The number of ether oxygens (including phenoxy) is 2. The molecule has 0 amide bonds. The van der Waals surface area contributed by atoms with Crippen molar-refractivity contribution >= 4 is 5.97 Å². The van der Waals surface area contributed by atoms with Gasteiger partial charge in [0.25, 0.3) is 0 Å². The van der Waals surface area contributed by atoms with Crippen LogP contribution in [0.4, 0.5) is 0 Å². The number of aliphatic hydroxyl groups is 1. The number of piperidine rings is 1. The minimum atomic E-state index is -0.595. The highest BCUT2D eigenvalue weighted by atomic mass is 16.6. The summed E-state index contributed by atoms with van der Waals surface area (Å²) in [7, 11) is 2.36. The first kappa shape index (κ1) is 18.0. The summed E-state index contributed by atoms with van der Waals surface area (Å²) in [6.45, 7) is 3.20. The fraction of sp³-hybridized carbons (Fsp3) is 0.667. The van der Waals surface area contributed by atoms with Gasteiger partial charge in [0.15, 0.2) is 0 Å². The summed E-state index contributed by atoms with van der Waals surface area (Å²) in [5, 5.41) is 9.70. The number of hydrogen-bond acceptors (Lipinski definition) is 4. The van der Waals surface area contributed by atoms with Gasteiger partial charge in [-0.05, 0) is 12.0 Å². The summed E-state index contributed by atoms with van der Waals surface area (Å²) >= 11 is 0. The first-order chi connectivity index (χ1) is 12.6. The van der Waals surface area contributed by atoms with Crippen molar-refractivity contribution in [2.75, 3.05) is 20.2 Å². The highest BCUT2D eigenvalue weighted by molar-refractivity contribution is 5.78. The summed E-state index contributed by atoms with van der Waals surface area (Å²) in [4.78, 5) is 12.7. The number of likely N-dealkylation sites (N-methyl/N-ethyl adjacent to an activating group) is 1. The molecule has 3 aliphatic rings. The maximum Gasteiger partial charge on any atom is 0.316 e. The van der Waals surface area contributed by atoms with Gasteiger partial charge in [0.2, 0.25) is 0 Å². The van der Waals surface area contributed by atoms with Gasteiger partial charge >= 0.3 is 5.97 Å². The van der Waals surface area contributed by atoms with E-state index in [1.807, 2.05) is 30.3 Å². The maximum atomic E-state index is 12.7. The van der Waals surface area contributed by atoms with Crippen LogP contribution in [0.3, 0.4) is 0 Å². The fourth-order valence-electron chi connectivity index (χ4n) is 5.23. The molecule has 3 saturated heterocycles. The number of unbranched alkanes of at least 4 members (excludes halogenated alkanes) is 1. The molecular weight excluding hydrogens is 330 g/mol. The predicted octanol–water partition coefficient (Wildman–Crippen LogP) is 2.23. The molecule has 3 fully saturated rings. The third kappa shape index (κ3) is 2.96. The lowest BCUT2D eigenvalue weighted by atomic mass is 9.94. The SMILES string of the molecule is CCCC[N+]1(C)[C@@H]2CC(OC(=O)[C@@H](CO)c3ccccc3)C[C@@H]1[C@H]1O[C@@H]12. The standard InChI is InChI=1S/C21H30NO4/c1-3-4-10-22(2)17-11-15(12-18(22)20-19(17)26-20)25-21(24)16(13-23)14-8-6-5-7-9-14/h5-9,15-20,23H,3-4,10-13H2,1-2H3/q+1/t15?,16-,17+,18+,19+,20+,22?/m0/s1. The molecule has 5 nitrogen and oxygen atoms in total. The zero-order chi connectivity index (χ0) is 18.3. The van der Waals surface area contributed by atoms with Crippen molar-refractivity contribution in [2.24, 2.45) is 0 Å². The third-order valence-corrected chi connectivity index (χ3v) is 6.79. The van der Waals surface area contributed by atoms with Crippen LogP contribution in [-0.4, -0.2) is 66.2 Å². The number of morpholine rings is 1. The Balaban J connectivity index is 1.42. The summed E-state index contributed by atoms with van der Waals surface area (Å²) < 4.78 is 12.9. The van der Waals surface area contributed by atoms with E-state index in [-0.39, 0.29) is 18.7 Å². The second-order valence-corrected chi connectivity index (χ2v) is 8.30. The Labute approximate surface area is 155 Å². The zero-order valence-electron chi connectivity index (χ0n) is 15.7. The molecule has 0 unspecified atom stereocenters. The van der Waals surface area contributed by atoms with E-state index in [1.165, 1.54) is 19.4 Å². The van der Waals surface area contributed by atoms with Crippen LogP contribution < -0.4 is 0 Å². The van der Waals surface area contributed by atoms with Gasteiger partial charge in [0.05, 0.1) is 20.2 Å². The molecule has 3 heterocycles. The molecule has 0 aliphatic carbocycles. The number of carbonyl (C=O) groups excluding carboxylic acids is 1. The molecule has 1 aromatic rings. The highest BCUT2D eigenvalue weighted by Crippen LogP contribution is 2.52. The Bertz CT molecular complexity index is 631. The van der Waals surface area contributed by atoms with E-state index in [2.05, 4.69) is 14.0 Å². The van der Waals surface area contributed by atoms with Gasteiger partial charge < -0.3 is 19.1 Å². The number of aliphatic hydroxyl groups excluding tert-OH is 1. The Morgan fingerprint density at radius 3 is 2.50 bits per heavy atom. The van der Waals surface area contributed by atoms with Gasteiger partial charge in [-0.1, -0.05) is 43.7 Å². The van der Waals surface area contributed by atoms with Crippen LogP contribution in [0, 0.1) is 0 Å². The molecule has 142 valence electrons. The minimum Gasteiger partial charge on any atom is -0.461 e. The molecule has 0 aromatic heterocycles. The number of fused-ring (bicyclic) bond motifs is 5. The molecule has 4 rings (SSSR count). The van der Waals surface area contributed by atoms with Crippen molar-refractivity contribution < 1.29 is 23.9 Å². The van der Waals surface area contributed by atoms with Crippen molar-refractivity contribution in [1.82, 2.24) is 0 Å². The van der Waals surface area contributed by atoms with E-state index >= 15 is 0 Å². The molecular formula is C21H30NO4+. The number of carbonyl (C=O) groups is 1. The van der Waals surface area contributed by atoms with Crippen molar-refractivity contribution in [3.05, 3.63) is 35.9 Å². The number of epoxide rings is 1. The molecule has 2 bridgehead atoms. The lowest BCUT2D eigenvalue weighted by molar-refractivity contribution is -0.956. The fourth-order valence-corrected chi connectivity index (χ4v) is 5.23. The zero-order valence-corrected chi connectivity index (χ0v) is 15.7. The van der Waals surface area contributed by atoms with Gasteiger partial charge in [0.1, 0.15) is 36.3 Å². The lowest BCUT2D eigenvalue weighted by Crippen LogP contribution is -2.62. The first-order valence-corrected chi connectivity index (χ1v) is 9.95. The second-order valence-electron chi connectivity index (χ2n) is 8.30. The smallest absolute Gasteiger partial charge is 0.316 e. The Kier molecular flexibility index (Phi) is 4.80. The van der Waals surface area contributed by atoms with E-state index in [0.29, 0.717) is 24.3 Å². The van der Waals surface area contributed by atoms with Gasteiger partial charge in [-0.2, -0.15) is 0 Å². The Morgan fingerprint density at radius 1 is 1.27 bits per heavy atom. The van der Waals surface area contributed by atoms with Crippen LogP contribution in [0.25, 0.3) is 0 Å². The average Bonchev–Trinajstić information content (AvgIpc) is 3.40. The van der Waals surface area contributed by atoms with E-state index in [9.17, 15) is 9.90 Å². The Morgan fingerprint density at radius 2 is 1.92 bits per heavy atom. The quantitative estimate of drug-likeness (QED) is 0.460. The van der Waals surface area contributed by atoms with Crippen molar-refractivity contribution in [3.8, 4) is 0 Å². The molecule has 1 aromatic carbocycles. The number of benzene rings is 1. The van der Waals surface area contributed by atoms with E-state index in [4.69, 9.17) is 9.47 Å². The van der Waals surface area contributed by atoms with Crippen LogP contribution in [0.5, 0.6) is 0 Å². The van der Waals surface area contributed by atoms with Crippen molar-refractivity contribution in [2.45, 2.75) is 68.9 Å². The van der Waals surface area contributed by atoms with Crippen molar-refractivity contribution in [1.29, 1.82) is 0 Å². The molecule has 0 spiro atoms. The van der Waals surface area contributed by atoms with E-state index in [0.717, 1.165) is 22.9 Å². The van der Waals surface area contributed by atoms with Crippen LogP contribution >= 0.6 is 0 Å². The minimum absolute atomic E-state index is 0.0560. The van der Waals surface area contributed by atoms with E-state index in [1.54, 1.807) is 0 Å². The second kappa shape index (κ2) is 6.95.